The first-order valence-electron chi connectivity index (χ1n) is 10.4. The minimum atomic E-state index is -0.435. The Morgan fingerprint density at radius 2 is 1.75 bits per heavy atom. The number of amides is 1. The number of fused-ring (bicyclic) bond motifs is 1. The molecule has 0 saturated heterocycles. The molecule has 4 rings (SSSR count). The third kappa shape index (κ3) is 4.45. The first kappa shape index (κ1) is 21.1. The molecule has 0 unspecified atom stereocenters. The summed E-state index contributed by atoms with van der Waals surface area (Å²) in [7, 11) is 0. The second-order valence-corrected chi connectivity index (χ2v) is 7.60. The van der Waals surface area contributed by atoms with E-state index in [0.717, 1.165) is 22.0 Å². The molecular weight excluding hydrogens is 401 g/mol. The molecule has 1 N–H and O–H groups in total. The van der Waals surface area contributed by atoms with Gasteiger partial charge in [-0.1, -0.05) is 66.7 Å². The maximum absolute atomic E-state index is 14.2. The largest absolute Gasteiger partial charge is 0.345 e. The van der Waals surface area contributed by atoms with E-state index in [1.807, 2.05) is 78.4 Å². The number of nitrogens with one attached hydrogen (secondary N) is 1. The van der Waals surface area contributed by atoms with Crippen LogP contribution in [-0.2, 0) is 11.3 Å². The van der Waals surface area contributed by atoms with E-state index >= 15 is 0 Å². The van der Waals surface area contributed by atoms with Crippen LogP contribution in [0.5, 0.6) is 0 Å². The van der Waals surface area contributed by atoms with Gasteiger partial charge < -0.3 is 9.88 Å². The quantitative estimate of drug-likeness (QED) is 0.324. The van der Waals surface area contributed by atoms with Crippen molar-refractivity contribution in [1.29, 1.82) is 5.26 Å². The number of halogens is 1. The van der Waals surface area contributed by atoms with Crippen molar-refractivity contribution in [3.63, 3.8) is 0 Å². The molecule has 1 aromatic heterocycles. The van der Waals surface area contributed by atoms with E-state index < -0.39 is 5.91 Å². The number of benzene rings is 3. The lowest BCUT2D eigenvalue weighted by atomic mass is 10.1. The van der Waals surface area contributed by atoms with Crippen molar-refractivity contribution in [2.75, 3.05) is 0 Å². The van der Waals surface area contributed by atoms with E-state index in [4.69, 9.17) is 0 Å². The van der Waals surface area contributed by atoms with Crippen LogP contribution in [0.2, 0.25) is 0 Å². The van der Waals surface area contributed by atoms with Crippen molar-refractivity contribution in [3.8, 4) is 6.07 Å². The Morgan fingerprint density at radius 3 is 2.50 bits per heavy atom. The van der Waals surface area contributed by atoms with Crippen LogP contribution in [0.15, 0.2) is 90.6 Å². The fraction of sp³-hybridized carbons (Fsp3) is 0.111. The Labute approximate surface area is 186 Å². The maximum Gasteiger partial charge on any atom is 0.262 e. The van der Waals surface area contributed by atoms with Crippen LogP contribution < -0.4 is 5.32 Å². The van der Waals surface area contributed by atoms with Gasteiger partial charge in [0.2, 0.25) is 0 Å². The van der Waals surface area contributed by atoms with Crippen LogP contribution in [0.3, 0.4) is 0 Å². The third-order valence-electron chi connectivity index (χ3n) is 5.43. The minimum Gasteiger partial charge on any atom is -0.345 e. The van der Waals surface area contributed by atoms with Gasteiger partial charge in [-0.15, -0.1) is 0 Å². The SMILES string of the molecule is C[C@H](NC(=O)/C(C#N)=C\c1cn(Cc2ccccc2F)c2ccccc12)c1ccccc1. The van der Waals surface area contributed by atoms with Gasteiger partial charge in [0.25, 0.3) is 5.91 Å². The van der Waals surface area contributed by atoms with E-state index in [1.54, 1.807) is 24.3 Å². The number of nitrogens with zero attached hydrogens (tertiary/aromatic N) is 2. The zero-order valence-corrected chi connectivity index (χ0v) is 17.6. The van der Waals surface area contributed by atoms with Crippen molar-refractivity contribution in [1.82, 2.24) is 9.88 Å². The Balaban J connectivity index is 1.65. The van der Waals surface area contributed by atoms with Crippen molar-refractivity contribution < 1.29 is 9.18 Å². The number of aromatic nitrogens is 1. The molecule has 0 aliphatic carbocycles. The van der Waals surface area contributed by atoms with Crippen LogP contribution in [0.25, 0.3) is 17.0 Å². The predicted octanol–water partition coefficient (Wildman–Crippen LogP) is 5.61. The van der Waals surface area contributed by atoms with Gasteiger partial charge in [-0.25, -0.2) is 4.39 Å². The fourth-order valence-electron chi connectivity index (χ4n) is 3.73. The molecule has 0 aliphatic heterocycles. The Morgan fingerprint density at radius 1 is 1.06 bits per heavy atom. The molecule has 32 heavy (non-hydrogen) atoms. The van der Waals surface area contributed by atoms with Crippen LogP contribution in [-0.4, -0.2) is 10.5 Å². The van der Waals surface area contributed by atoms with Gasteiger partial charge in [0.05, 0.1) is 12.6 Å². The molecule has 3 aromatic carbocycles. The second kappa shape index (κ2) is 9.32. The summed E-state index contributed by atoms with van der Waals surface area (Å²) in [4.78, 5) is 12.8. The molecule has 5 heteroatoms. The van der Waals surface area contributed by atoms with Gasteiger partial charge in [-0.2, -0.15) is 5.26 Å². The van der Waals surface area contributed by atoms with E-state index in [0.29, 0.717) is 12.1 Å². The van der Waals surface area contributed by atoms with Gasteiger partial charge in [-0.05, 0) is 30.7 Å². The molecule has 0 radical (unpaired) electrons. The molecule has 158 valence electrons. The van der Waals surface area contributed by atoms with Gasteiger partial charge in [0.1, 0.15) is 17.5 Å². The number of rotatable bonds is 6. The molecule has 1 amide bonds. The lowest BCUT2D eigenvalue weighted by Crippen LogP contribution is -2.27. The van der Waals surface area contributed by atoms with Gasteiger partial charge in [-0.3, -0.25) is 4.79 Å². The first-order valence-corrected chi connectivity index (χ1v) is 10.4. The second-order valence-electron chi connectivity index (χ2n) is 7.60. The summed E-state index contributed by atoms with van der Waals surface area (Å²) in [6.45, 7) is 2.22. The van der Waals surface area contributed by atoms with Crippen molar-refractivity contribution in [2.24, 2.45) is 0 Å². The van der Waals surface area contributed by atoms with E-state index in [9.17, 15) is 14.4 Å². The first-order chi connectivity index (χ1) is 15.6. The number of para-hydroxylation sites is 1. The monoisotopic (exact) mass is 423 g/mol. The summed E-state index contributed by atoms with van der Waals surface area (Å²) in [5.74, 6) is -0.704. The van der Waals surface area contributed by atoms with Crippen LogP contribution >= 0.6 is 0 Å². The predicted molar refractivity (Wildman–Crippen MR) is 124 cm³/mol. The van der Waals surface area contributed by atoms with Crippen LogP contribution in [0.4, 0.5) is 4.39 Å². The lowest BCUT2D eigenvalue weighted by molar-refractivity contribution is -0.117. The summed E-state index contributed by atoms with van der Waals surface area (Å²) in [6.07, 6.45) is 3.44. The van der Waals surface area contributed by atoms with E-state index in [1.165, 1.54) is 6.07 Å². The molecule has 0 fully saturated rings. The molecular formula is C27H22FN3O. The normalized spacial score (nSPS) is 12.3. The van der Waals surface area contributed by atoms with Crippen LogP contribution in [0, 0.1) is 17.1 Å². The summed E-state index contributed by atoms with van der Waals surface area (Å²) in [5.41, 5.74) is 3.17. The summed E-state index contributed by atoms with van der Waals surface area (Å²) >= 11 is 0. The van der Waals surface area contributed by atoms with Crippen molar-refractivity contribution in [2.45, 2.75) is 19.5 Å². The smallest absolute Gasteiger partial charge is 0.262 e. The standard InChI is InChI=1S/C27H22FN3O/c1-19(20-9-3-2-4-10-20)30-27(32)22(16-29)15-23-18-31(26-14-8-6-12-24(23)26)17-21-11-5-7-13-25(21)28/h2-15,18-19H,17H2,1H3,(H,30,32)/b22-15-/t19-/m0/s1. The van der Waals surface area contributed by atoms with Crippen molar-refractivity contribution in [3.05, 3.63) is 113 Å². The van der Waals surface area contributed by atoms with E-state index in [2.05, 4.69) is 5.32 Å². The molecule has 0 spiro atoms. The highest BCUT2D eigenvalue weighted by molar-refractivity contribution is 6.04. The van der Waals surface area contributed by atoms with Gasteiger partial charge in [0.15, 0.2) is 0 Å². The zero-order valence-electron chi connectivity index (χ0n) is 17.6. The fourth-order valence-corrected chi connectivity index (χ4v) is 3.73. The van der Waals surface area contributed by atoms with Gasteiger partial charge in [0, 0.05) is 28.2 Å². The number of carbonyl (C=O) groups excluding carboxylic acids is 1. The molecule has 1 atom stereocenters. The molecule has 1 heterocycles. The van der Waals surface area contributed by atoms with E-state index in [-0.39, 0.29) is 17.4 Å². The number of carbonyl (C=O) groups is 1. The van der Waals surface area contributed by atoms with Crippen molar-refractivity contribution >= 4 is 22.9 Å². The Hall–Kier alpha value is -4.17. The topological polar surface area (TPSA) is 57.8 Å². The molecule has 4 aromatic rings. The third-order valence-corrected chi connectivity index (χ3v) is 5.43. The minimum absolute atomic E-state index is 0.0153. The molecule has 0 bridgehead atoms. The summed E-state index contributed by atoms with van der Waals surface area (Å²) in [6, 6.07) is 25.7. The molecule has 0 aliphatic rings. The number of hydrogen-bond donors (Lipinski definition) is 1. The molecule has 0 saturated carbocycles. The molecule has 4 nitrogen and oxygen atoms in total. The maximum atomic E-state index is 14.2. The zero-order chi connectivity index (χ0) is 22.5. The Kier molecular flexibility index (Phi) is 6.14. The lowest BCUT2D eigenvalue weighted by Gasteiger charge is -2.13. The highest BCUT2D eigenvalue weighted by Crippen LogP contribution is 2.25. The summed E-state index contributed by atoms with van der Waals surface area (Å²) in [5, 5.41) is 13.4. The highest BCUT2D eigenvalue weighted by atomic mass is 19.1. The Bertz CT molecular complexity index is 1330. The van der Waals surface area contributed by atoms with Crippen LogP contribution in [0.1, 0.15) is 29.7 Å². The number of nitriles is 1. The van der Waals surface area contributed by atoms with Gasteiger partial charge >= 0.3 is 0 Å². The highest BCUT2D eigenvalue weighted by Gasteiger charge is 2.16. The average molecular weight is 423 g/mol. The average Bonchev–Trinajstić information content (AvgIpc) is 3.16. The number of hydrogen-bond acceptors (Lipinski definition) is 2. The summed E-state index contributed by atoms with van der Waals surface area (Å²) < 4.78 is 16.1.